The van der Waals surface area contributed by atoms with Gasteiger partial charge in [0, 0.05) is 44.1 Å². The Kier molecular flexibility index (Phi) is 7.41. The fraction of sp³-hybridized carbons (Fsp3) is 0.318. The molecule has 4 rings (SSSR count). The van der Waals surface area contributed by atoms with Gasteiger partial charge in [-0.3, -0.25) is 9.59 Å². The highest BCUT2D eigenvalue weighted by atomic mass is 19.4. The van der Waals surface area contributed by atoms with Crippen molar-refractivity contribution in [3.05, 3.63) is 64.1 Å². The van der Waals surface area contributed by atoms with E-state index in [1.165, 1.54) is 29.3 Å². The normalized spacial score (nSPS) is 14.4. The summed E-state index contributed by atoms with van der Waals surface area (Å²) in [5.41, 5.74) is -1.10. The maximum Gasteiger partial charge on any atom is 0.422 e. The fourth-order valence-electron chi connectivity index (χ4n) is 3.49. The first-order valence-electron chi connectivity index (χ1n) is 11.0. The molecule has 10 nitrogen and oxygen atoms in total. The van der Waals surface area contributed by atoms with Crippen LogP contribution in [0, 0.1) is 0 Å². The van der Waals surface area contributed by atoms with Gasteiger partial charge in [0.15, 0.2) is 6.61 Å². The Balaban J connectivity index is 1.53. The number of carbonyl (C=O) groups excluding carboxylic acids is 1. The largest absolute Gasteiger partial charge is 0.454 e. The van der Waals surface area contributed by atoms with Crippen molar-refractivity contribution in [3.63, 3.8) is 0 Å². The number of nitrogens with one attached hydrogen (secondary N) is 2. The molecule has 0 radical (unpaired) electrons. The van der Waals surface area contributed by atoms with Crippen LogP contribution in [0.2, 0.25) is 0 Å². The number of H-pyrrole nitrogens is 1. The summed E-state index contributed by atoms with van der Waals surface area (Å²) >= 11 is 0. The summed E-state index contributed by atoms with van der Waals surface area (Å²) in [6.07, 6.45) is -8.01. The van der Waals surface area contributed by atoms with Crippen molar-refractivity contribution in [2.45, 2.75) is 12.4 Å². The van der Waals surface area contributed by atoms with Crippen molar-refractivity contribution < 1.29 is 35.9 Å². The number of aromatic amines is 1. The number of benzene rings is 1. The summed E-state index contributed by atoms with van der Waals surface area (Å²) in [7, 11) is 0. The van der Waals surface area contributed by atoms with Crippen molar-refractivity contribution in [1.29, 1.82) is 0 Å². The molecule has 0 unspecified atom stereocenters. The summed E-state index contributed by atoms with van der Waals surface area (Å²) in [6, 6.07) is 6.01. The lowest BCUT2D eigenvalue weighted by atomic mass is 10.2. The SMILES string of the molecule is O=C(c1ccc(=O)[nH]c1)N1CCN(c2nc(Nc3cccc(C(F)(F)F)c3)nc(OCC(F)(F)F)n2)CC1. The van der Waals surface area contributed by atoms with E-state index in [2.05, 4.69) is 30.0 Å². The Bertz CT molecular complexity index is 1330. The molecule has 16 heteroatoms. The van der Waals surface area contributed by atoms with E-state index in [9.17, 15) is 35.9 Å². The van der Waals surface area contributed by atoms with E-state index in [-0.39, 0.29) is 60.8 Å². The third kappa shape index (κ3) is 6.89. The highest BCUT2D eigenvalue weighted by Gasteiger charge is 2.31. The maximum absolute atomic E-state index is 13.1. The maximum atomic E-state index is 13.1. The van der Waals surface area contributed by atoms with Gasteiger partial charge in [-0.15, -0.1) is 0 Å². The molecule has 1 fully saturated rings. The number of aromatic nitrogens is 4. The molecule has 38 heavy (non-hydrogen) atoms. The van der Waals surface area contributed by atoms with Crippen molar-refractivity contribution in [2.24, 2.45) is 0 Å². The molecule has 1 amide bonds. The van der Waals surface area contributed by atoms with Gasteiger partial charge < -0.3 is 24.8 Å². The van der Waals surface area contributed by atoms with E-state index >= 15 is 0 Å². The molecule has 0 spiro atoms. The van der Waals surface area contributed by atoms with Crippen LogP contribution < -0.4 is 20.5 Å². The molecule has 0 saturated carbocycles. The minimum absolute atomic E-state index is 0.0601. The van der Waals surface area contributed by atoms with E-state index in [1.54, 1.807) is 4.90 Å². The lowest BCUT2D eigenvalue weighted by molar-refractivity contribution is -0.154. The molecule has 3 aromatic rings. The van der Waals surface area contributed by atoms with E-state index < -0.39 is 30.5 Å². The Morgan fingerprint density at radius 1 is 1.00 bits per heavy atom. The summed E-state index contributed by atoms with van der Waals surface area (Å²) in [5, 5.41) is 2.54. The van der Waals surface area contributed by atoms with Crippen LogP contribution in [0.15, 0.2) is 47.4 Å². The summed E-state index contributed by atoms with van der Waals surface area (Å²) < 4.78 is 81.9. The van der Waals surface area contributed by atoms with E-state index in [1.807, 2.05) is 0 Å². The molecule has 1 aliphatic heterocycles. The zero-order chi connectivity index (χ0) is 27.5. The van der Waals surface area contributed by atoms with Crippen LogP contribution in [-0.4, -0.2) is 69.7 Å². The Morgan fingerprint density at radius 3 is 2.37 bits per heavy atom. The Morgan fingerprint density at radius 2 is 1.74 bits per heavy atom. The van der Waals surface area contributed by atoms with Gasteiger partial charge in [0.1, 0.15) is 0 Å². The van der Waals surface area contributed by atoms with Gasteiger partial charge in [-0.1, -0.05) is 6.07 Å². The number of ether oxygens (including phenoxy) is 1. The van der Waals surface area contributed by atoms with Crippen LogP contribution in [0.5, 0.6) is 6.01 Å². The smallest absolute Gasteiger partial charge is 0.422 e. The molecular weight excluding hydrogens is 524 g/mol. The lowest BCUT2D eigenvalue weighted by Crippen LogP contribution is -2.49. The van der Waals surface area contributed by atoms with Crippen LogP contribution in [0.25, 0.3) is 0 Å². The summed E-state index contributed by atoms with van der Waals surface area (Å²) in [6.45, 7) is -0.944. The first kappa shape index (κ1) is 26.7. The van der Waals surface area contributed by atoms with Gasteiger partial charge in [-0.05, 0) is 24.3 Å². The molecule has 2 aromatic heterocycles. The first-order valence-corrected chi connectivity index (χ1v) is 11.0. The average molecular weight is 543 g/mol. The number of nitrogens with zero attached hydrogens (tertiary/aromatic N) is 5. The molecular formula is C22H19F6N7O3. The highest BCUT2D eigenvalue weighted by molar-refractivity contribution is 5.94. The van der Waals surface area contributed by atoms with Crippen LogP contribution in [0.3, 0.4) is 0 Å². The minimum atomic E-state index is -4.69. The molecule has 3 heterocycles. The van der Waals surface area contributed by atoms with Crippen molar-refractivity contribution in [1.82, 2.24) is 24.8 Å². The second-order valence-corrected chi connectivity index (χ2v) is 8.07. The quantitative estimate of drug-likeness (QED) is 0.456. The van der Waals surface area contributed by atoms with Crippen molar-refractivity contribution >= 4 is 23.5 Å². The van der Waals surface area contributed by atoms with Gasteiger partial charge in [-0.2, -0.15) is 41.3 Å². The number of hydrogen-bond donors (Lipinski definition) is 2. The fourth-order valence-corrected chi connectivity index (χ4v) is 3.49. The number of anilines is 3. The lowest BCUT2D eigenvalue weighted by Gasteiger charge is -2.34. The number of alkyl halides is 6. The van der Waals surface area contributed by atoms with Gasteiger partial charge in [-0.25, -0.2) is 0 Å². The van der Waals surface area contributed by atoms with Gasteiger partial charge in [0.25, 0.3) is 5.91 Å². The number of hydrogen-bond acceptors (Lipinski definition) is 8. The third-order valence-electron chi connectivity index (χ3n) is 5.29. The van der Waals surface area contributed by atoms with E-state index in [4.69, 9.17) is 0 Å². The topological polar surface area (TPSA) is 116 Å². The highest BCUT2D eigenvalue weighted by Crippen LogP contribution is 2.31. The number of pyridine rings is 1. The predicted octanol–water partition coefficient (Wildman–Crippen LogP) is 3.23. The number of piperazine rings is 1. The zero-order valence-electron chi connectivity index (χ0n) is 19.3. The number of halogens is 6. The standard InChI is InChI=1S/C22H19F6N7O3/c23-21(24,25)12-38-20-32-18(30-15-3-1-2-14(10-15)22(26,27)28)31-19(33-20)35-8-6-34(7-9-35)17(37)13-4-5-16(36)29-11-13/h1-5,10-11H,6-9,12H2,(H,29,36)(H,30,31,32,33). The van der Waals surface area contributed by atoms with E-state index in [0.29, 0.717) is 0 Å². The van der Waals surface area contributed by atoms with Crippen LogP contribution >= 0.6 is 0 Å². The Labute approximate surface area is 210 Å². The molecule has 1 aromatic carbocycles. The second kappa shape index (κ2) is 10.5. The molecule has 2 N–H and O–H groups in total. The number of rotatable bonds is 6. The first-order chi connectivity index (χ1) is 17.9. The minimum Gasteiger partial charge on any atom is -0.454 e. The molecule has 0 bridgehead atoms. The van der Waals surface area contributed by atoms with Gasteiger partial charge in [0.05, 0.1) is 11.1 Å². The zero-order valence-corrected chi connectivity index (χ0v) is 19.3. The van der Waals surface area contributed by atoms with Crippen LogP contribution in [0.4, 0.5) is 43.9 Å². The molecule has 0 atom stereocenters. The average Bonchev–Trinajstić information content (AvgIpc) is 2.87. The summed E-state index contributed by atoms with van der Waals surface area (Å²) in [4.78, 5) is 41.2. The van der Waals surface area contributed by atoms with Gasteiger partial charge in [0.2, 0.25) is 17.5 Å². The van der Waals surface area contributed by atoms with Crippen molar-refractivity contribution in [2.75, 3.05) is 43.0 Å². The summed E-state index contributed by atoms with van der Waals surface area (Å²) in [5.74, 6) is -0.765. The second-order valence-electron chi connectivity index (χ2n) is 8.07. The van der Waals surface area contributed by atoms with E-state index in [0.717, 1.165) is 18.2 Å². The van der Waals surface area contributed by atoms with Gasteiger partial charge >= 0.3 is 18.4 Å². The number of carbonyl (C=O) groups is 1. The Hall–Kier alpha value is -4.37. The molecule has 1 aliphatic rings. The van der Waals surface area contributed by atoms with Crippen molar-refractivity contribution in [3.8, 4) is 6.01 Å². The third-order valence-corrected chi connectivity index (χ3v) is 5.29. The molecule has 1 saturated heterocycles. The molecule has 0 aliphatic carbocycles. The number of amides is 1. The predicted molar refractivity (Wildman–Crippen MR) is 121 cm³/mol. The van der Waals surface area contributed by atoms with Crippen LogP contribution in [-0.2, 0) is 6.18 Å². The van der Waals surface area contributed by atoms with Crippen LogP contribution in [0.1, 0.15) is 15.9 Å². The molecule has 202 valence electrons. The monoisotopic (exact) mass is 543 g/mol.